The van der Waals surface area contributed by atoms with Crippen LogP contribution < -0.4 is 28.4 Å². The standard InChI is InChI=1S/C100H150O20/c1-3-5-7-9-11-13-15-17-19-21-23-25-27-29-31-33-59-115-93-47-35-87(36-48-93)89-39-55-97(56-40-89)119-99(101)91-43-51-95(52-44-91)117-85-83-113-81-79-111-77-75-109-73-71-107-69-67-105-65-63-103-61-62-104-64-66-106-68-70-108-72-74-110-76-78-112-80-82-114-84-86-118-96-53-45-92(46-54-96)100(102)120-98-57-41-90(42-58-98)88-37-49-94(50-38-88)116-60-34-32-30-28-26-24-22-20-18-16-14-12-10-8-6-4-2/h35-58H,3-34,59-86H2,1-2H3. The van der Waals surface area contributed by atoms with Crippen molar-refractivity contribution < 1.29 is 94.9 Å². The predicted molar refractivity (Wildman–Crippen MR) is 477 cm³/mol. The van der Waals surface area contributed by atoms with E-state index in [1.807, 2.05) is 72.8 Å². The van der Waals surface area contributed by atoms with E-state index in [1.165, 1.54) is 193 Å². The summed E-state index contributed by atoms with van der Waals surface area (Å²) in [5.74, 6) is 3.09. The molecule has 6 aromatic rings. The SMILES string of the molecule is CCCCCCCCCCCCCCCCCCOc1ccc(-c2ccc(OC(=O)c3ccc(OCCOCCOCCOCCOCCOCCOCCOCCOCCOCCOCCOCCOCCOc4ccc(C(=O)Oc5ccc(-c6ccc(OCCCCCCCCCCCCCCCCCC)cc6)cc5)cc4)cc3)cc2)cc1. The highest BCUT2D eigenvalue weighted by Gasteiger charge is 2.13. The molecular formula is C100H150O20. The minimum absolute atomic E-state index is 0.357. The summed E-state index contributed by atoms with van der Waals surface area (Å²) in [6.45, 7) is 17.7. The van der Waals surface area contributed by atoms with Crippen molar-refractivity contribution in [3.63, 3.8) is 0 Å². The first-order valence-electron chi connectivity index (χ1n) is 46.0. The summed E-state index contributed by atoms with van der Waals surface area (Å²) in [5.41, 5.74) is 5.05. The molecule has 0 saturated carbocycles. The van der Waals surface area contributed by atoms with Gasteiger partial charge in [0.2, 0.25) is 0 Å². The van der Waals surface area contributed by atoms with Gasteiger partial charge in [0.05, 0.1) is 183 Å². The Labute approximate surface area is 720 Å². The highest BCUT2D eigenvalue weighted by Crippen LogP contribution is 2.29. The summed E-state index contributed by atoms with van der Waals surface area (Å²) in [5, 5.41) is 0. The molecule has 0 amide bonds. The monoisotopic (exact) mass is 1670 g/mol. The quantitative estimate of drug-likeness (QED) is 0.0198. The molecule has 0 unspecified atom stereocenters. The lowest BCUT2D eigenvalue weighted by Crippen LogP contribution is -2.15. The first-order chi connectivity index (χ1) is 59.5. The maximum absolute atomic E-state index is 12.9. The Morgan fingerprint density at radius 1 is 0.167 bits per heavy atom. The van der Waals surface area contributed by atoms with Gasteiger partial charge in [0.15, 0.2) is 0 Å². The van der Waals surface area contributed by atoms with Crippen molar-refractivity contribution in [1.82, 2.24) is 0 Å². The Kier molecular flexibility index (Phi) is 62.3. The maximum atomic E-state index is 12.9. The molecule has 0 bridgehead atoms. The van der Waals surface area contributed by atoms with Gasteiger partial charge in [0, 0.05) is 0 Å². The molecule has 0 heterocycles. The molecule has 670 valence electrons. The van der Waals surface area contributed by atoms with Crippen molar-refractivity contribution in [2.45, 2.75) is 219 Å². The second-order valence-corrected chi connectivity index (χ2v) is 30.3. The van der Waals surface area contributed by atoms with Crippen LogP contribution >= 0.6 is 0 Å². The topological polar surface area (TPSA) is 200 Å². The zero-order chi connectivity index (χ0) is 84.2. The molecule has 0 fully saturated rings. The van der Waals surface area contributed by atoms with E-state index in [2.05, 4.69) is 38.1 Å². The molecule has 0 N–H and O–H groups in total. The van der Waals surface area contributed by atoms with Crippen molar-refractivity contribution in [2.75, 3.05) is 185 Å². The number of benzene rings is 6. The molecule has 0 spiro atoms. The van der Waals surface area contributed by atoms with Crippen LogP contribution in [0, 0.1) is 0 Å². The number of hydrogen-bond donors (Lipinski definition) is 0. The van der Waals surface area contributed by atoms with Crippen molar-refractivity contribution in [1.29, 1.82) is 0 Å². The lowest BCUT2D eigenvalue weighted by Gasteiger charge is -2.10. The Hall–Kier alpha value is -7.02. The van der Waals surface area contributed by atoms with Crippen LogP contribution in [0.1, 0.15) is 240 Å². The molecule has 0 aromatic heterocycles. The fourth-order valence-corrected chi connectivity index (χ4v) is 13.3. The van der Waals surface area contributed by atoms with E-state index in [-0.39, 0.29) is 0 Å². The van der Waals surface area contributed by atoms with Crippen molar-refractivity contribution in [3.8, 4) is 56.8 Å². The van der Waals surface area contributed by atoms with Gasteiger partial charge in [-0.15, -0.1) is 0 Å². The summed E-state index contributed by atoms with van der Waals surface area (Å²) < 4.78 is 102. The van der Waals surface area contributed by atoms with Crippen molar-refractivity contribution >= 4 is 11.9 Å². The molecule has 6 rings (SSSR count). The van der Waals surface area contributed by atoms with Gasteiger partial charge < -0.3 is 85.3 Å². The van der Waals surface area contributed by atoms with E-state index in [9.17, 15) is 9.59 Å². The first-order valence-corrected chi connectivity index (χ1v) is 46.0. The van der Waals surface area contributed by atoms with E-state index in [0.29, 0.717) is 206 Å². The van der Waals surface area contributed by atoms with E-state index >= 15 is 0 Å². The van der Waals surface area contributed by atoms with Gasteiger partial charge in [-0.3, -0.25) is 0 Å². The molecule has 6 aromatic carbocycles. The van der Waals surface area contributed by atoms with Crippen LogP contribution in [0.4, 0.5) is 0 Å². The number of hydrogen-bond acceptors (Lipinski definition) is 20. The summed E-state index contributed by atoms with van der Waals surface area (Å²) >= 11 is 0. The van der Waals surface area contributed by atoms with Gasteiger partial charge in [0.1, 0.15) is 47.7 Å². The third kappa shape index (κ3) is 53.8. The predicted octanol–water partition coefficient (Wildman–Crippen LogP) is 22.4. The Bertz CT molecular complexity index is 3080. The van der Waals surface area contributed by atoms with E-state index in [4.69, 9.17) is 85.3 Å². The Morgan fingerprint density at radius 2 is 0.317 bits per heavy atom. The van der Waals surface area contributed by atoms with Crippen LogP contribution in [0.15, 0.2) is 146 Å². The van der Waals surface area contributed by atoms with E-state index in [0.717, 1.165) is 59.8 Å². The van der Waals surface area contributed by atoms with Crippen LogP contribution in [0.2, 0.25) is 0 Å². The fourth-order valence-electron chi connectivity index (χ4n) is 13.3. The summed E-state index contributed by atoms with van der Waals surface area (Å²) in [7, 11) is 0. The highest BCUT2D eigenvalue weighted by molar-refractivity contribution is 5.92. The number of carbonyl (C=O) groups is 2. The largest absolute Gasteiger partial charge is 0.494 e. The van der Waals surface area contributed by atoms with E-state index in [1.54, 1.807) is 48.5 Å². The van der Waals surface area contributed by atoms with Crippen LogP contribution in [0.3, 0.4) is 0 Å². The highest BCUT2D eigenvalue weighted by atomic mass is 16.6. The molecule has 0 atom stereocenters. The van der Waals surface area contributed by atoms with Gasteiger partial charge in [-0.1, -0.05) is 255 Å². The zero-order valence-corrected chi connectivity index (χ0v) is 73.4. The van der Waals surface area contributed by atoms with Gasteiger partial charge >= 0.3 is 11.9 Å². The third-order valence-corrected chi connectivity index (χ3v) is 20.3. The van der Waals surface area contributed by atoms with Gasteiger partial charge in [-0.2, -0.15) is 0 Å². The summed E-state index contributed by atoms with van der Waals surface area (Å²) in [6, 6.07) is 45.1. The second kappa shape index (κ2) is 73.5. The summed E-state index contributed by atoms with van der Waals surface area (Å²) in [6.07, 6.45) is 43.5. The number of rotatable bonds is 83. The molecule has 120 heavy (non-hydrogen) atoms. The van der Waals surface area contributed by atoms with Crippen LogP contribution in [-0.2, 0) is 56.8 Å². The smallest absolute Gasteiger partial charge is 0.343 e. The molecule has 0 radical (unpaired) electrons. The van der Waals surface area contributed by atoms with Crippen molar-refractivity contribution in [2.24, 2.45) is 0 Å². The van der Waals surface area contributed by atoms with Gasteiger partial charge in [-0.05, 0) is 132 Å². The molecule has 0 aliphatic rings. The Balaban J connectivity index is 0.594. The van der Waals surface area contributed by atoms with Crippen LogP contribution in [0.5, 0.6) is 34.5 Å². The number of ether oxygens (including phenoxy) is 18. The average molecular weight is 1670 g/mol. The van der Waals surface area contributed by atoms with Gasteiger partial charge in [-0.25, -0.2) is 9.59 Å². The zero-order valence-electron chi connectivity index (χ0n) is 73.4. The minimum Gasteiger partial charge on any atom is -0.494 e. The van der Waals surface area contributed by atoms with Crippen molar-refractivity contribution in [3.05, 3.63) is 157 Å². The van der Waals surface area contributed by atoms with Crippen LogP contribution in [-0.4, -0.2) is 197 Å². The third-order valence-electron chi connectivity index (χ3n) is 20.3. The lowest BCUT2D eigenvalue weighted by atomic mass is 10.0. The number of esters is 2. The number of carbonyl (C=O) groups excluding carboxylic acids is 2. The molecule has 0 saturated heterocycles. The normalized spacial score (nSPS) is 11.4. The maximum Gasteiger partial charge on any atom is 0.343 e. The molecule has 0 aliphatic heterocycles. The van der Waals surface area contributed by atoms with E-state index < -0.39 is 11.9 Å². The average Bonchev–Trinajstić information content (AvgIpc) is 0.801. The molecular weight excluding hydrogens is 1520 g/mol. The molecule has 0 aliphatic carbocycles. The van der Waals surface area contributed by atoms with Gasteiger partial charge in [0.25, 0.3) is 0 Å². The fraction of sp³-hybridized carbons (Fsp3) is 0.620. The number of unbranched alkanes of at least 4 members (excludes halogenated alkanes) is 30. The first kappa shape index (κ1) is 102. The molecule has 20 heteroatoms. The second-order valence-electron chi connectivity index (χ2n) is 30.3. The lowest BCUT2D eigenvalue weighted by molar-refractivity contribution is -0.0287. The minimum atomic E-state index is -0.441. The Morgan fingerprint density at radius 3 is 0.508 bits per heavy atom. The molecule has 20 nitrogen and oxygen atoms in total. The van der Waals surface area contributed by atoms with Crippen LogP contribution in [0.25, 0.3) is 22.3 Å². The summed E-state index contributed by atoms with van der Waals surface area (Å²) in [4.78, 5) is 25.8.